The number of carbonyl (C=O) groups excluding carboxylic acids is 1. The van der Waals surface area contributed by atoms with Crippen molar-refractivity contribution in [1.82, 2.24) is 19.6 Å². The van der Waals surface area contributed by atoms with E-state index in [1.807, 2.05) is 18.2 Å². The molecule has 0 radical (unpaired) electrons. The number of rotatable bonds is 6. The van der Waals surface area contributed by atoms with Crippen LogP contribution in [-0.2, 0) is 14.8 Å². The Morgan fingerprint density at radius 2 is 2.09 bits per heavy atom. The molecule has 0 aliphatic carbocycles. The minimum absolute atomic E-state index is 0.253. The lowest BCUT2D eigenvalue weighted by Gasteiger charge is -2.26. The van der Waals surface area contributed by atoms with E-state index in [2.05, 4.69) is 14.7 Å². The molecule has 3 aromatic rings. The number of fused-ring (bicyclic) bond motifs is 1. The average molecular weight is 459 g/mol. The molecular weight excluding hydrogens is 435 g/mol. The van der Waals surface area contributed by atoms with Crippen LogP contribution in [0, 0.1) is 5.82 Å². The second-order valence-corrected chi connectivity index (χ2v) is 9.39. The standard InChI is InChI=1S/C22H23FN4O4S/c1-31-20-4-3-15(23)11-17(20)16-5-8-24-22-18(16)12-19(26-22)14-6-9-27(10-7-14)21(28)13-25-32(2,29)30/h3-6,8,11-12,25H,7,9-10,13H2,1-2H3,(H,24,26). The van der Waals surface area contributed by atoms with Gasteiger partial charge in [-0.1, -0.05) is 6.08 Å². The van der Waals surface area contributed by atoms with Gasteiger partial charge >= 0.3 is 0 Å². The Labute approximate surface area is 185 Å². The summed E-state index contributed by atoms with van der Waals surface area (Å²) in [7, 11) is -1.87. The van der Waals surface area contributed by atoms with Crippen molar-refractivity contribution in [3.8, 4) is 16.9 Å². The van der Waals surface area contributed by atoms with Gasteiger partial charge in [-0.3, -0.25) is 4.79 Å². The van der Waals surface area contributed by atoms with E-state index in [1.165, 1.54) is 12.1 Å². The third kappa shape index (κ3) is 4.66. The Hall–Kier alpha value is -3.24. The van der Waals surface area contributed by atoms with Gasteiger partial charge in [-0.05, 0) is 47.9 Å². The summed E-state index contributed by atoms with van der Waals surface area (Å²) in [5, 5.41) is 0.836. The molecular formula is C22H23FN4O4S. The zero-order valence-corrected chi connectivity index (χ0v) is 18.5. The first-order valence-corrected chi connectivity index (χ1v) is 11.9. The number of halogens is 1. The van der Waals surface area contributed by atoms with Crippen molar-refractivity contribution in [3.05, 3.63) is 54.1 Å². The summed E-state index contributed by atoms with van der Waals surface area (Å²) >= 11 is 0. The molecule has 0 atom stereocenters. The largest absolute Gasteiger partial charge is 0.496 e. The number of methoxy groups -OCH3 is 1. The molecule has 4 rings (SSSR count). The van der Waals surface area contributed by atoms with Crippen molar-refractivity contribution in [2.75, 3.05) is 33.0 Å². The zero-order valence-electron chi connectivity index (χ0n) is 17.7. The summed E-state index contributed by atoms with van der Waals surface area (Å²) in [5.41, 5.74) is 4.00. The molecule has 1 aliphatic heterocycles. The van der Waals surface area contributed by atoms with E-state index >= 15 is 0 Å². The van der Waals surface area contributed by atoms with Crippen LogP contribution in [0.5, 0.6) is 5.75 Å². The summed E-state index contributed by atoms with van der Waals surface area (Å²) in [6, 6.07) is 8.18. The Balaban J connectivity index is 1.60. The highest BCUT2D eigenvalue weighted by molar-refractivity contribution is 7.88. The molecule has 2 aromatic heterocycles. The number of aromatic nitrogens is 2. The van der Waals surface area contributed by atoms with Crippen molar-refractivity contribution in [2.24, 2.45) is 0 Å². The third-order valence-corrected chi connectivity index (χ3v) is 6.05. The van der Waals surface area contributed by atoms with Crippen LogP contribution in [0.2, 0.25) is 0 Å². The summed E-state index contributed by atoms with van der Waals surface area (Å²) in [4.78, 5) is 21.5. The molecule has 8 nitrogen and oxygen atoms in total. The maximum absolute atomic E-state index is 13.9. The molecule has 1 amide bonds. The Morgan fingerprint density at radius 1 is 1.28 bits per heavy atom. The summed E-state index contributed by atoms with van der Waals surface area (Å²) in [5.74, 6) is -0.0634. The fraction of sp³-hybridized carbons (Fsp3) is 0.273. The predicted molar refractivity (Wildman–Crippen MR) is 120 cm³/mol. The van der Waals surface area contributed by atoms with Gasteiger partial charge in [0.15, 0.2) is 0 Å². The van der Waals surface area contributed by atoms with Crippen LogP contribution in [0.25, 0.3) is 27.7 Å². The SMILES string of the molecule is COc1ccc(F)cc1-c1ccnc2[nH]c(C3=CCN(C(=O)CNS(C)(=O)=O)CC3)cc12. The highest BCUT2D eigenvalue weighted by atomic mass is 32.2. The molecule has 0 saturated heterocycles. The fourth-order valence-electron chi connectivity index (χ4n) is 3.77. The molecule has 10 heteroatoms. The number of carbonyl (C=O) groups is 1. The quantitative estimate of drug-likeness (QED) is 0.591. The van der Waals surface area contributed by atoms with Gasteiger partial charge in [0.1, 0.15) is 17.2 Å². The van der Waals surface area contributed by atoms with Crippen LogP contribution < -0.4 is 9.46 Å². The molecule has 2 N–H and O–H groups in total. The number of nitrogens with zero attached hydrogens (tertiary/aromatic N) is 2. The number of H-pyrrole nitrogens is 1. The van der Waals surface area contributed by atoms with E-state index in [-0.39, 0.29) is 18.3 Å². The third-order valence-electron chi connectivity index (χ3n) is 5.38. The van der Waals surface area contributed by atoms with Gasteiger partial charge < -0.3 is 14.6 Å². The average Bonchev–Trinajstić information content (AvgIpc) is 3.21. The highest BCUT2D eigenvalue weighted by Crippen LogP contribution is 2.36. The van der Waals surface area contributed by atoms with Crippen LogP contribution in [0.3, 0.4) is 0 Å². The van der Waals surface area contributed by atoms with E-state index in [1.54, 1.807) is 24.3 Å². The minimum atomic E-state index is -3.42. The van der Waals surface area contributed by atoms with Gasteiger partial charge in [0.25, 0.3) is 0 Å². The molecule has 1 aliphatic rings. The topological polar surface area (TPSA) is 104 Å². The molecule has 168 valence electrons. The molecule has 0 spiro atoms. The number of sulfonamides is 1. The number of aromatic amines is 1. The van der Waals surface area contributed by atoms with Crippen molar-refractivity contribution >= 4 is 32.5 Å². The van der Waals surface area contributed by atoms with E-state index < -0.39 is 10.0 Å². The summed E-state index contributed by atoms with van der Waals surface area (Å²) in [6.07, 6.45) is 5.23. The number of hydrogen-bond acceptors (Lipinski definition) is 5. The Bertz CT molecular complexity index is 1320. The molecule has 0 saturated carbocycles. The molecule has 3 heterocycles. The number of pyridine rings is 1. The Kier molecular flexibility index (Phi) is 5.98. The first kappa shape index (κ1) is 22.0. The van der Waals surface area contributed by atoms with Crippen molar-refractivity contribution in [2.45, 2.75) is 6.42 Å². The maximum atomic E-state index is 13.9. The highest BCUT2D eigenvalue weighted by Gasteiger charge is 2.20. The van der Waals surface area contributed by atoms with Gasteiger partial charge in [-0.2, -0.15) is 0 Å². The number of nitrogens with one attached hydrogen (secondary N) is 2. The lowest BCUT2D eigenvalue weighted by molar-refractivity contribution is -0.129. The number of ether oxygens (including phenoxy) is 1. The van der Waals surface area contributed by atoms with Crippen LogP contribution >= 0.6 is 0 Å². The number of benzene rings is 1. The maximum Gasteiger partial charge on any atom is 0.237 e. The monoisotopic (exact) mass is 458 g/mol. The molecule has 0 bridgehead atoms. The lowest BCUT2D eigenvalue weighted by atomic mass is 10.0. The van der Waals surface area contributed by atoms with Crippen molar-refractivity contribution in [1.29, 1.82) is 0 Å². The minimum Gasteiger partial charge on any atom is -0.496 e. The van der Waals surface area contributed by atoms with E-state index in [0.717, 1.165) is 28.5 Å². The summed E-state index contributed by atoms with van der Waals surface area (Å²) < 4.78 is 44.0. The first-order chi connectivity index (χ1) is 15.2. The second kappa shape index (κ2) is 8.71. The van der Waals surface area contributed by atoms with Crippen LogP contribution in [-0.4, -0.2) is 62.2 Å². The van der Waals surface area contributed by atoms with Crippen LogP contribution in [0.15, 0.2) is 42.6 Å². The normalized spacial score (nSPS) is 14.5. The smallest absolute Gasteiger partial charge is 0.237 e. The lowest BCUT2D eigenvalue weighted by Crippen LogP contribution is -2.41. The first-order valence-electron chi connectivity index (χ1n) is 9.98. The van der Waals surface area contributed by atoms with Crippen molar-refractivity contribution in [3.63, 3.8) is 0 Å². The molecule has 1 aromatic carbocycles. The predicted octanol–water partition coefficient (Wildman–Crippen LogP) is 2.54. The fourth-order valence-corrected chi connectivity index (χ4v) is 4.16. The second-order valence-electron chi connectivity index (χ2n) is 7.56. The molecule has 0 fully saturated rings. The van der Waals surface area contributed by atoms with Crippen LogP contribution in [0.1, 0.15) is 12.1 Å². The molecule has 32 heavy (non-hydrogen) atoms. The van der Waals surface area contributed by atoms with E-state index in [9.17, 15) is 17.6 Å². The van der Waals surface area contributed by atoms with Crippen molar-refractivity contribution < 1.29 is 22.3 Å². The summed E-state index contributed by atoms with van der Waals surface area (Å²) in [6.45, 7) is 0.605. The zero-order chi connectivity index (χ0) is 22.9. The van der Waals surface area contributed by atoms with Gasteiger partial charge in [-0.15, -0.1) is 0 Å². The van der Waals surface area contributed by atoms with Gasteiger partial charge in [0, 0.05) is 35.9 Å². The van der Waals surface area contributed by atoms with Crippen LogP contribution in [0.4, 0.5) is 4.39 Å². The van der Waals surface area contributed by atoms with Gasteiger partial charge in [0.2, 0.25) is 15.9 Å². The van der Waals surface area contributed by atoms with Gasteiger partial charge in [0.05, 0.1) is 19.9 Å². The van der Waals surface area contributed by atoms with E-state index in [4.69, 9.17) is 4.74 Å². The Morgan fingerprint density at radius 3 is 2.78 bits per heavy atom. The van der Waals surface area contributed by atoms with E-state index in [0.29, 0.717) is 36.5 Å². The number of hydrogen-bond donors (Lipinski definition) is 2. The molecule has 0 unspecified atom stereocenters. The number of amides is 1. The van der Waals surface area contributed by atoms with Gasteiger partial charge in [-0.25, -0.2) is 22.5 Å².